The van der Waals surface area contributed by atoms with Gasteiger partial charge < -0.3 is 37.2 Å². The number of hydrogen-bond acceptors (Lipinski definition) is 12. The number of β-lactam (4-membered cyclic amide) rings is 1. The first-order valence-corrected chi connectivity index (χ1v) is 11.6. The molecule has 35 heavy (non-hydrogen) atoms. The van der Waals surface area contributed by atoms with Gasteiger partial charge in [0.15, 0.2) is 24.1 Å². The fraction of sp³-hybridized carbons (Fsp3) is 0.222. The number of rotatable bonds is 7. The van der Waals surface area contributed by atoms with Crippen molar-refractivity contribution in [2.24, 2.45) is 10.9 Å². The third kappa shape index (κ3) is 4.71. The highest BCUT2D eigenvalue weighted by Gasteiger charge is 2.53. The Bertz CT molecular complexity index is 1290. The number of pyridine rings is 1. The molecule has 7 N–H and O–H groups in total. The fourth-order valence-corrected chi connectivity index (χ4v) is 5.35. The number of nitrogens with zero attached hydrogens (tertiary/aromatic N) is 5. The molecule has 0 aromatic carbocycles. The van der Waals surface area contributed by atoms with Crippen LogP contribution in [0.25, 0.3) is 0 Å². The van der Waals surface area contributed by atoms with Gasteiger partial charge in [-0.15, -0.1) is 11.8 Å². The maximum Gasteiger partial charge on any atom is 0.316 e. The molecule has 0 spiro atoms. The summed E-state index contributed by atoms with van der Waals surface area (Å²) in [5.41, 5.74) is 10.6. The predicted molar refractivity (Wildman–Crippen MR) is 120 cm³/mol. The Morgan fingerprint density at radius 2 is 2.17 bits per heavy atom. The topological polar surface area (TPSA) is 233 Å². The number of nitrogen functional groups attached to an aromatic ring is 1. The van der Waals surface area contributed by atoms with Crippen LogP contribution in [0.3, 0.4) is 0 Å². The fourth-order valence-electron chi connectivity index (χ4n) is 3.58. The predicted octanol–water partition coefficient (Wildman–Crippen LogP) is -2.82. The molecule has 182 valence electrons. The number of primary amides is 1. The molecule has 4 rings (SSSR count). The van der Waals surface area contributed by atoms with Crippen LogP contribution in [0.1, 0.15) is 5.82 Å². The second-order valence-electron chi connectivity index (χ2n) is 7.26. The molecule has 15 nitrogen and oxygen atoms in total. The highest BCUT2D eigenvalue weighted by Crippen LogP contribution is 2.40. The lowest BCUT2D eigenvalue weighted by Gasteiger charge is -2.50. The summed E-state index contributed by atoms with van der Waals surface area (Å²) in [4.78, 5) is 53.2. The molecule has 0 radical (unpaired) electrons. The Balaban J connectivity index is 1.52. The number of aromatic nitrogens is 3. The zero-order valence-corrected chi connectivity index (χ0v) is 19.2. The number of hydrogen-bond donors (Lipinski definition) is 5. The minimum absolute atomic E-state index is 0.0489. The second kappa shape index (κ2) is 9.55. The van der Waals surface area contributed by atoms with Crippen LogP contribution in [-0.2, 0) is 20.9 Å². The Hall–Kier alpha value is -4.25. The van der Waals surface area contributed by atoms with Crippen molar-refractivity contribution >= 4 is 63.6 Å². The number of carboxylic acid groups (broad SMARTS) is 1. The van der Waals surface area contributed by atoms with Crippen molar-refractivity contribution in [3.8, 4) is 0 Å². The summed E-state index contributed by atoms with van der Waals surface area (Å²) in [5.74, 6) is -3.15. The monoisotopic (exact) mass is 519 g/mol. The zero-order valence-electron chi connectivity index (χ0n) is 17.6. The summed E-state index contributed by atoms with van der Waals surface area (Å²) in [5, 5.41) is 28.2. The first-order chi connectivity index (χ1) is 16.7. The summed E-state index contributed by atoms with van der Waals surface area (Å²) in [7, 11) is 0. The van der Waals surface area contributed by atoms with Crippen molar-refractivity contribution in [1.82, 2.24) is 19.6 Å². The Morgan fingerprint density at radius 3 is 2.80 bits per heavy atom. The van der Waals surface area contributed by atoms with Crippen LogP contribution < -0.4 is 31.8 Å². The zero-order chi connectivity index (χ0) is 25.3. The number of oxime groups is 1. The Kier molecular flexibility index (Phi) is 6.52. The van der Waals surface area contributed by atoms with Gasteiger partial charge >= 0.3 is 6.03 Å². The van der Waals surface area contributed by atoms with Crippen LogP contribution >= 0.6 is 23.3 Å². The van der Waals surface area contributed by atoms with Gasteiger partial charge in [-0.2, -0.15) is 13.9 Å². The van der Waals surface area contributed by atoms with E-state index in [2.05, 4.69) is 25.1 Å². The third-order valence-corrected chi connectivity index (χ3v) is 6.88. The van der Waals surface area contributed by atoms with E-state index in [1.807, 2.05) is 0 Å². The van der Waals surface area contributed by atoms with E-state index in [4.69, 9.17) is 11.5 Å². The minimum Gasteiger partial charge on any atom is -0.543 e. The molecule has 17 heteroatoms. The van der Waals surface area contributed by atoms with Crippen LogP contribution in [-0.4, -0.2) is 66.2 Å². The molecular formula is C18H17N9O6S2. The SMILES string of the molecule is NC(=O)Nc1ccc[n+](CC2=C(C(=O)[O-])N3C(=O)[C@@H](NC(=O)/C(=N\O)c4nsc(N)n4)[C@H]3SC2)c1. The molecule has 2 aromatic heterocycles. The molecule has 1 saturated heterocycles. The van der Waals surface area contributed by atoms with Gasteiger partial charge in [-0.05, 0) is 6.07 Å². The molecule has 1 fully saturated rings. The summed E-state index contributed by atoms with van der Waals surface area (Å²) < 4.78 is 5.41. The molecular weight excluding hydrogens is 502 g/mol. The number of carboxylic acids is 1. The van der Waals surface area contributed by atoms with Gasteiger partial charge in [0, 0.05) is 28.9 Å². The standard InChI is InChI=1S/C18H17N9O6S2/c19-17(32)21-8-2-1-3-26(5-8)4-7-6-34-15-10(14(29)27(15)11(7)16(30)31)22-13(28)9(24-33)12-23-18(20)35-25-12/h1-3,5,10,15H,4,6H2,(H7-,19,20,21,22,23,25,28,30,31,32,33)/t10-,15-/m1/s1. The number of urea groups is 1. The maximum atomic E-state index is 12.8. The van der Waals surface area contributed by atoms with E-state index in [1.165, 1.54) is 11.8 Å². The van der Waals surface area contributed by atoms with Crippen LogP contribution in [0, 0.1) is 0 Å². The first-order valence-electron chi connectivity index (χ1n) is 9.75. The number of aliphatic carboxylic acids is 1. The van der Waals surface area contributed by atoms with Gasteiger partial charge in [0.25, 0.3) is 11.8 Å². The molecule has 2 aliphatic heterocycles. The molecule has 4 heterocycles. The van der Waals surface area contributed by atoms with Crippen LogP contribution in [0.15, 0.2) is 41.0 Å². The lowest BCUT2D eigenvalue weighted by atomic mass is 10.0. The van der Waals surface area contributed by atoms with E-state index in [0.717, 1.165) is 16.4 Å². The Morgan fingerprint density at radius 1 is 1.40 bits per heavy atom. The van der Waals surface area contributed by atoms with Gasteiger partial charge in [-0.25, -0.2) is 4.79 Å². The highest BCUT2D eigenvalue weighted by molar-refractivity contribution is 8.00. The molecule has 2 atom stereocenters. The van der Waals surface area contributed by atoms with Gasteiger partial charge in [0.05, 0.1) is 11.7 Å². The highest BCUT2D eigenvalue weighted by atomic mass is 32.2. The summed E-state index contributed by atoms with van der Waals surface area (Å²) in [6, 6.07) is 1.41. The lowest BCUT2D eigenvalue weighted by molar-refractivity contribution is -0.688. The van der Waals surface area contributed by atoms with Crippen molar-refractivity contribution in [2.75, 3.05) is 16.8 Å². The van der Waals surface area contributed by atoms with Gasteiger partial charge in [-0.1, -0.05) is 5.16 Å². The molecule has 2 aromatic rings. The van der Waals surface area contributed by atoms with E-state index >= 15 is 0 Å². The van der Waals surface area contributed by atoms with Crippen LogP contribution in [0.5, 0.6) is 0 Å². The van der Waals surface area contributed by atoms with Gasteiger partial charge in [0.1, 0.15) is 17.1 Å². The number of carbonyl (C=O) groups excluding carboxylic acids is 4. The number of thioether (sulfide) groups is 1. The molecule has 0 aliphatic carbocycles. The number of fused-ring (bicyclic) bond motifs is 1. The smallest absolute Gasteiger partial charge is 0.316 e. The summed E-state index contributed by atoms with van der Waals surface area (Å²) >= 11 is 2.03. The maximum absolute atomic E-state index is 12.8. The van der Waals surface area contributed by atoms with Crippen molar-refractivity contribution in [3.05, 3.63) is 41.6 Å². The normalized spacial score (nSPS) is 19.6. The van der Waals surface area contributed by atoms with Crippen molar-refractivity contribution < 1.29 is 34.1 Å². The number of carbonyl (C=O) groups is 4. The third-order valence-electron chi connectivity index (χ3n) is 5.00. The number of nitrogens with two attached hydrogens (primary N) is 2. The quantitative estimate of drug-likeness (QED) is 0.0827. The molecule has 0 bridgehead atoms. The largest absolute Gasteiger partial charge is 0.543 e. The lowest BCUT2D eigenvalue weighted by Crippen LogP contribution is -2.71. The summed E-state index contributed by atoms with van der Waals surface area (Å²) in [6.45, 7) is 0.0936. The van der Waals surface area contributed by atoms with Crippen molar-refractivity contribution in [1.29, 1.82) is 0 Å². The number of anilines is 2. The van der Waals surface area contributed by atoms with Gasteiger partial charge in [-0.3, -0.25) is 14.5 Å². The van der Waals surface area contributed by atoms with E-state index in [0.29, 0.717) is 11.3 Å². The molecule has 4 amide bonds. The molecule has 2 aliphatic rings. The van der Waals surface area contributed by atoms with E-state index in [1.54, 1.807) is 29.1 Å². The average molecular weight is 520 g/mol. The minimum atomic E-state index is -1.55. The van der Waals surface area contributed by atoms with Crippen LogP contribution in [0.2, 0.25) is 0 Å². The van der Waals surface area contributed by atoms with E-state index in [-0.39, 0.29) is 29.0 Å². The first kappa shape index (κ1) is 23.9. The summed E-state index contributed by atoms with van der Waals surface area (Å²) in [6.07, 6.45) is 3.20. The van der Waals surface area contributed by atoms with Gasteiger partial charge in [0.2, 0.25) is 11.5 Å². The van der Waals surface area contributed by atoms with Crippen molar-refractivity contribution in [3.63, 3.8) is 0 Å². The van der Waals surface area contributed by atoms with Crippen molar-refractivity contribution in [2.45, 2.75) is 18.0 Å². The molecule has 0 saturated carbocycles. The number of nitrogens with one attached hydrogen (secondary N) is 2. The average Bonchev–Trinajstić information content (AvgIpc) is 3.23. The van der Waals surface area contributed by atoms with E-state index < -0.39 is 40.9 Å². The Labute approximate surface area is 204 Å². The van der Waals surface area contributed by atoms with E-state index in [9.17, 15) is 29.5 Å². The second-order valence-corrected chi connectivity index (χ2v) is 9.15. The number of amides is 4. The van der Waals surface area contributed by atoms with Crippen LogP contribution in [0.4, 0.5) is 15.6 Å². The molecule has 0 unspecified atom stereocenters.